The summed E-state index contributed by atoms with van der Waals surface area (Å²) in [6.45, 7) is 7.71. The lowest BCUT2D eigenvalue weighted by Gasteiger charge is -2.19. The van der Waals surface area contributed by atoms with Crippen molar-refractivity contribution in [1.82, 2.24) is 9.88 Å². The topological polar surface area (TPSA) is 16.1 Å². The monoisotopic (exact) mass is 192 g/mol. The summed E-state index contributed by atoms with van der Waals surface area (Å²) in [5.41, 5.74) is 1.17. The zero-order chi connectivity index (χ0) is 10.2. The number of hydrogen-bond acceptors (Lipinski definition) is 2. The average Bonchev–Trinajstić information content (AvgIpc) is 2.25. The van der Waals surface area contributed by atoms with Crippen molar-refractivity contribution in [1.29, 1.82) is 0 Å². The van der Waals surface area contributed by atoms with Gasteiger partial charge >= 0.3 is 0 Å². The minimum atomic E-state index is 0.983. The molecule has 1 aromatic heterocycles. The molecule has 0 aromatic carbocycles. The molecule has 2 heteroatoms. The highest BCUT2D eigenvalue weighted by Crippen LogP contribution is 2.02. The second-order valence-electron chi connectivity index (χ2n) is 3.54. The molecule has 0 aliphatic carbocycles. The number of pyridine rings is 1. The molecule has 0 amide bonds. The first kappa shape index (κ1) is 11.2. The molecule has 0 unspecified atom stereocenters. The third-order valence-electron chi connectivity index (χ3n) is 2.39. The van der Waals surface area contributed by atoms with Crippen LogP contribution in [0.25, 0.3) is 0 Å². The van der Waals surface area contributed by atoms with Gasteiger partial charge in [0, 0.05) is 12.7 Å². The van der Waals surface area contributed by atoms with E-state index in [1.54, 1.807) is 0 Å². The van der Waals surface area contributed by atoms with Gasteiger partial charge in [0.2, 0.25) is 0 Å². The Bertz CT molecular complexity index is 233. The lowest BCUT2D eigenvalue weighted by atomic mass is 10.3. The molecule has 0 saturated carbocycles. The van der Waals surface area contributed by atoms with Crippen molar-refractivity contribution in [2.75, 3.05) is 13.1 Å². The normalized spacial score (nSPS) is 10.8. The van der Waals surface area contributed by atoms with Gasteiger partial charge in [-0.25, -0.2) is 0 Å². The van der Waals surface area contributed by atoms with Crippen LogP contribution in [0.1, 0.15) is 32.4 Å². The lowest BCUT2D eigenvalue weighted by molar-refractivity contribution is 0.272. The smallest absolute Gasteiger partial charge is 0.0543 e. The Morgan fingerprint density at radius 1 is 1.29 bits per heavy atom. The van der Waals surface area contributed by atoms with Gasteiger partial charge in [0.25, 0.3) is 0 Å². The van der Waals surface area contributed by atoms with Gasteiger partial charge in [-0.15, -0.1) is 0 Å². The largest absolute Gasteiger partial charge is 0.298 e. The van der Waals surface area contributed by atoms with Crippen molar-refractivity contribution in [3.63, 3.8) is 0 Å². The van der Waals surface area contributed by atoms with E-state index < -0.39 is 0 Å². The second kappa shape index (κ2) is 6.55. The fraction of sp³-hybridized carbons (Fsp3) is 0.583. The van der Waals surface area contributed by atoms with Gasteiger partial charge in [-0.2, -0.15) is 0 Å². The number of hydrogen-bond donors (Lipinski definition) is 0. The molecule has 0 bridgehead atoms. The van der Waals surface area contributed by atoms with E-state index in [4.69, 9.17) is 0 Å². The van der Waals surface area contributed by atoms with Crippen LogP contribution in [0.15, 0.2) is 24.4 Å². The zero-order valence-corrected chi connectivity index (χ0v) is 9.24. The number of aromatic nitrogens is 1. The predicted octanol–water partition coefficient (Wildman–Crippen LogP) is 2.70. The van der Waals surface area contributed by atoms with E-state index in [-0.39, 0.29) is 0 Å². The summed E-state index contributed by atoms with van der Waals surface area (Å²) >= 11 is 0. The van der Waals surface area contributed by atoms with Crippen LogP contribution in [0.5, 0.6) is 0 Å². The molecular weight excluding hydrogens is 172 g/mol. The minimum absolute atomic E-state index is 0.983. The number of rotatable bonds is 6. The molecule has 78 valence electrons. The molecule has 0 aliphatic heterocycles. The highest BCUT2D eigenvalue weighted by molar-refractivity contribution is 5.03. The maximum atomic E-state index is 4.33. The van der Waals surface area contributed by atoms with Crippen molar-refractivity contribution in [2.24, 2.45) is 0 Å². The SMILES string of the molecule is CCCCN(CC)Cc1ccccn1. The highest BCUT2D eigenvalue weighted by Gasteiger charge is 2.02. The number of nitrogens with zero attached hydrogens (tertiary/aromatic N) is 2. The minimum Gasteiger partial charge on any atom is -0.298 e. The molecule has 0 spiro atoms. The van der Waals surface area contributed by atoms with E-state index in [2.05, 4.69) is 35.9 Å². The van der Waals surface area contributed by atoms with Crippen molar-refractivity contribution in [3.05, 3.63) is 30.1 Å². The maximum absolute atomic E-state index is 4.33. The van der Waals surface area contributed by atoms with E-state index in [0.29, 0.717) is 0 Å². The first-order chi connectivity index (χ1) is 6.86. The molecule has 2 nitrogen and oxygen atoms in total. The maximum Gasteiger partial charge on any atom is 0.0543 e. The molecule has 0 N–H and O–H groups in total. The van der Waals surface area contributed by atoms with Crippen LogP contribution in [-0.2, 0) is 6.54 Å². The Morgan fingerprint density at radius 3 is 2.71 bits per heavy atom. The van der Waals surface area contributed by atoms with Gasteiger partial charge < -0.3 is 0 Å². The summed E-state index contributed by atoms with van der Waals surface area (Å²) in [4.78, 5) is 6.77. The summed E-state index contributed by atoms with van der Waals surface area (Å²) in [5, 5.41) is 0. The summed E-state index contributed by atoms with van der Waals surface area (Å²) in [6.07, 6.45) is 4.41. The van der Waals surface area contributed by atoms with Crippen molar-refractivity contribution < 1.29 is 0 Å². The number of unbranched alkanes of at least 4 members (excludes halogenated alkanes) is 1. The first-order valence-corrected chi connectivity index (χ1v) is 5.49. The van der Waals surface area contributed by atoms with Crippen LogP contribution in [0, 0.1) is 0 Å². The molecule has 0 radical (unpaired) electrons. The summed E-state index contributed by atoms with van der Waals surface area (Å²) in [7, 11) is 0. The van der Waals surface area contributed by atoms with Gasteiger partial charge in [-0.1, -0.05) is 26.3 Å². The molecule has 14 heavy (non-hydrogen) atoms. The van der Waals surface area contributed by atoms with Crippen LogP contribution in [0.3, 0.4) is 0 Å². The standard InChI is InChI=1S/C12H20N2/c1-3-5-10-14(4-2)11-12-8-6-7-9-13-12/h6-9H,3-5,10-11H2,1-2H3. The van der Waals surface area contributed by atoms with E-state index >= 15 is 0 Å². The second-order valence-corrected chi connectivity index (χ2v) is 3.54. The molecule has 0 fully saturated rings. The Hall–Kier alpha value is -0.890. The van der Waals surface area contributed by atoms with Crippen LogP contribution in [-0.4, -0.2) is 23.0 Å². The molecule has 0 aliphatic rings. The van der Waals surface area contributed by atoms with Crippen LogP contribution in [0.2, 0.25) is 0 Å². The van der Waals surface area contributed by atoms with Gasteiger partial charge in [-0.05, 0) is 31.6 Å². The summed E-state index contributed by atoms with van der Waals surface area (Å²) in [5.74, 6) is 0. The van der Waals surface area contributed by atoms with Crippen LogP contribution < -0.4 is 0 Å². The highest BCUT2D eigenvalue weighted by atomic mass is 15.1. The lowest BCUT2D eigenvalue weighted by Crippen LogP contribution is -2.24. The fourth-order valence-corrected chi connectivity index (χ4v) is 1.45. The quantitative estimate of drug-likeness (QED) is 0.689. The van der Waals surface area contributed by atoms with E-state index in [9.17, 15) is 0 Å². The Kier molecular flexibility index (Phi) is 5.23. The first-order valence-electron chi connectivity index (χ1n) is 5.49. The molecule has 0 saturated heterocycles. The third-order valence-corrected chi connectivity index (χ3v) is 2.39. The van der Waals surface area contributed by atoms with Crippen LogP contribution >= 0.6 is 0 Å². The molecular formula is C12H20N2. The fourth-order valence-electron chi connectivity index (χ4n) is 1.45. The van der Waals surface area contributed by atoms with Gasteiger partial charge in [0.15, 0.2) is 0 Å². The zero-order valence-electron chi connectivity index (χ0n) is 9.24. The van der Waals surface area contributed by atoms with E-state index in [0.717, 1.165) is 13.1 Å². The van der Waals surface area contributed by atoms with Crippen LogP contribution in [0.4, 0.5) is 0 Å². The molecule has 1 rings (SSSR count). The summed E-state index contributed by atoms with van der Waals surface area (Å²) < 4.78 is 0. The van der Waals surface area contributed by atoms with Crippen molar-refractivity contribution in [2.45, 2.75) is 33.2 Å². The third kappa shape index (κ3) is 3.88. The molecule has 1 heterocycles. The van der Waals surface area contributed by atoms with Crippen molar-refractivity contribution in [3.8, 4) is 0 Å². The van der Waals surface area contributed by atoms with Gasteiger partial charge in [0.1, 0.15) is 0 Å². The summed E-state index contributed by atoms with van der Waals surface area (Å²) in [6, 6.07) is 6.11. The average molecular weight is 192 g/mol. The predicted molar refractivity (Wildman–Crippen MR) is 60.1 cm³/mol. The Balaban J connectivity index is 2.40. The molecule has 0 atom stereocenters. The van der Waals surface area contributed by atoms with Crippen molar-refractivity contribution >= 4 is 0 Å². The molecule has 1 aromatic rings. The van der Waals surface area contributed by atoms with Gasteiger partial charge in [-0.3, -0.25) is 9.88 Å². The Morgan fingerprint density at radius 2 is 2.14 bits per heavy atom. The van der Waals surface area contributed by atoms with Gasteiger partial charge in [0.05, 0.1) is 5.69 Å². The Labute approximate surface area is 87.0 Å². The van der Waals surface area contributed by atoms with E-state index in [1.807, 2.05) is 12.3 Å². The van der Waals surface area contributed by atoms with E-state index in [1.165, 1.54) is 25.1 Å².